The van der Waals surface area contributed by atoms with Gasteiger partial charge in [0.25, 0.3) is 0 Å². The smallest absolute Gasteiger partial charge is 0.164 e. The van der Waals surface area contributed by atoms with Crippen LogP contribution in [-0.4, -0.2) is 30.7 Å². The Balaban J connectivity index is 4.16. The lowest BCUT2D eigenvalue weighted by Gasteiger charge is -2.21. The Morgan fingerprint density at radius 2 is 1.87 bits per heavy atom. The largest absolute Gasteiger partial charge is 0.385 e. The molecule has 2 unspecified atom stereocenters. The molecule has 0 radical (unpaired) electrons. The van der Waals surface area contributed by atoms with E-state index in [0.29, 0.717) is 13.0 Å². The van der Waals surface area contributed by atoms with Gasteiger partial charge in [0.05, 0.1) is 0 Å². The standard InChI is InChI=1S/C12H24O3/c1-5-10(6-2)12(14)11(13)9(3)7-8-15-4/h9-10,12,14H,5-8H2,1-4H3. The van der Waals surface area contributed by atoms with E-state index in [1.54, 1.807) is 7.11 Å². The average Bonchev–Trinajstić information content (AvgIpc) is 2.26. The zero-order chi connectivity index (χ0) is 11.8. The van der Waals surface area contributed by atoms with E-state index >= 15 is 0 Å². The van der Waals surface area contributed by atoms with Crippen LogP contribution in [0, 0.1) is 11.8 Å². The minimum absolute atomic E-state index is 0.0410. The first-order chi connectivity index (χ1) is 7.08. The predicted octanol–water partition coefficient (Wildman–Crippen LogP) is 2.03. The van der Waals surface area contributed by atoms with Crippen molar-refractivity contribution < 1.29 is 14.6 Å². The van der Waals surface area contributed by atoms with Gasteiger partial charge in [0.1, 0.15) is 6.10 Å². The van der Waals surface area contributed by atoms with Crippen molar-refractivity contribution in [3.05, 3.63) is 0 Å². The van der Waals surface area contributed by atoms with Gasteiger partial charge < -0.3 is 9.84 Å². The van der Waals surface area contributed by atoms with E-state index in [2.05, 4.69) is 0 Å². The Hall–Kier alpha value is -0.410. The number of carbonyl (C=O) groups is 1. The molecule has 0 amide bonds. The molecular formula is C12H24O3. The molecule has 15 heavy (non-hydrogen) atoms. The second kappa shape index (κ2) is 7.83. The van der Waals surface area contributed by atoms with Gasteiger partial charge in [0.2, 0.25) is 0 Å². The van der Waals surface area contributed by atoms with Crippen molar-refractivity contribution in [1.29, 1.82) is 0 Å². The van der Waals surface area contributed by atoms with Gasteiger partial charge in [-0.3, -0.25) is 4.79 Å². The fraction of sp³-hybridized carbons (Fsp3) is 0.917. The molecule has 0 spiro atoms. The fourth-order valence-corrected chi connectivity index (χ4v) is 1.70. The highest BCUT2D eigenvalue weighted by Crippen LogP contribution is 2.18. The molecule has 0 aromatic carbocycles. The second-order valence-electron chi connectivity index (χ2n) is 4.11. The van der Waals surface area contributed by atoms with E-state index < -0.39 is 6.10 Å². The van der Waals surface area contributed by atoms with Crippen LogP contribution >= 0.6 is 0 Å². The third-order valence-corrected chi connectivity index (χ3v) is 3.03. The SMILES string of the molecule is CCC(CC)C(O)C(=O)C(C)CCOC. The Kier molecular flexibility index (Phi) is 7.61. The third-order valence-electron chi connectivity index (χ3n) is 3.03. The van der Waals surface area contributed by atoms with Gasteiger partial charge in [-0.05, 0) is 12.3 Å². The summed E-state index contributed by atoms with van der Waals surface area (Å²) in [5, 5.41) is 9.86. The first-order valence-corrected chi connectivity index (χ1v) is 5.79. The highest BCUT2D eigenvalue weighted by atomic mass is 16.5. The topological polar surface area (TPSA) is 46.5 Å². The van der Waals surface area contributed by atoms with E-state index in [9.17, 15) is 9.90 Å². The molecular weight excluding hydrogens is 192 g/mol. The van der Waals surface area contributed by atoms with Crippen LogP contribution in [-0.2, 0) is 9.53 Å². The molecule has 0 rings (SSSR count). The lowest BCUT2D eigenvalue weighted by atomic mass is 9.88. The van der Waals surface area contributed by atoms with Crippen LogP contribution in [0.3, 0.4) is 0 Å². The second-order valence-corrected chi connectivity index (χ2v) is 4.11. The van der Waals surface area contributed by atoms with Crippen molar-refractivity contribution in [3.63, 3.8) is 0 Å². The molecule has 0 bridgehead atoms. The molecule has 0 aliphatic heterocycles. The molecule has 0 saturated heterocycles. The number of ether oxygens (including phenoxy) is 1. The normalized spacial score (nSPS) is 15.3. The number of Topliss-reactive ketones (excluding diaryl/α,β-unsaturated/α-hetero) is 1. The van der Waals surface area contributed by atoms with Crippen LogP contribution in [0.1, 0.15) is 40.0 Å². The maximum absolute atomic E-state index is 11.8. The molecule has 0 aliphatic rings. The Morgan fingerprint density at radius 1 is 1.33 bits per heavy atom. The van der Waals surface area contributed by atoms with Crippen molar-refractivity contribution in [3.8, 4) is 0 Å². The van der Waals surface area contributed by atoms with Crippen LogP contribution in [0.5, 0.6) is 0 Å². The molecule has 0 aliphatic carbocycles. The fourth-order valence-electron chi connectivity index (χ4n) is 1.70. The van der Waals surface area contributed by atoms with Crippen LogP contribution in [0.4, 0.5) is 0 Å². The quantitative estimate of drug-likeness (QED) is 0.675. The van der Waals surface area contributed by atoms with Crippen LogP contribution < -0.4 is 0 Å². The highest BCUT2D eigenvalue weighted by molar-refractivity contribution is 5.85. The molecule has 3 heteroatoms. The molecule has 0 aromatic rings. The van der Waals surface area contributed by atoms with Crippen molar-refractivity contribution in [2.45, 2.75) is 46.1 Å². The van der Waals surface area contributed by atoms with Gasteiger partial charge in [0.15, 0.2) is 5.78 Å². The lowest BCUT2D eigenvalue weighted by Crippen LogP contribution is -2.33. The summed E-state index contributed by atoms with van der Waals surface area (Å²) in [7, 11) is 1.62. The van der Waals surface area contributed by atoms with Crippen LogP contribution in [0.15, 0.2) is 0 Å². The highest BCUT2D eigenvalue weighted by Gasteiger charge is 2.26. The number of ketones is 1. The zero-order valence-corrected chi connectivity index (χ0v) is 10.3. The molecule has 0 saturated carbocycles. The third kappa shape index (κ3) is 4.76. The summed E-state index contributed by atoms with van der Waals surface area (Å²) in [6.45, 7) is 6.43. The van der Waals surface area contributed by atoms with Crippen molar-refractivity contribution in [2.75, 3.05) is 13.7 Å². The Morgan fingerprint density at radius 3 is 2.27 bits per heavy atom. The molecule has 1 N–H and O–H groups in total. The van der Waals surface area contributed by atoms with Crippen LogP contribution in [0.2, 0.25) is 0 Å². The number of hydrogen-bond acceptors (Lipinski definition) is 3. The molecule has 90 valence electrons. The summed E-state index contributed by atoms with van der Waals surface area (Å²) in [5.41, 5.74) is 0. The molecule has 2 atom stereocenters. The summed E-state index contributed by atoms with van der Waals surface area (Å²) in [5.74, 6) is -0.0520. The number of hydrogen-bond donors (Lipinski definition) is 1. The van der Waals surface area contributed by atoms with Crippen molar-refractivity contribution in [1.82, 2.24) is 0 Å². The number of aliphatic hydroxyl groups excluding tert-OH is 1. The minimum Gasteiger partial charge on any atom is -0.385 e. The maximum Gasteiger partial charge on any atom is 0.164 e. The summed E-state index contributed by atoms with van der Waals surface area (Å²) < 4.78 is 4.92. The molecule has 3 nitrogen and oxygen atoms in total. The summed E-state index contributed by atoms with van der Waals surface area (Å²) in [6, 6.07) is 0. The van der Waals surface area contributed by atoms with Gasteiger partial charge in [-0.15, -0.1) is 0 Å². The zero-order valence-electron chi connectivity index (χ0n) is 10.3. The van der Waals surface area contributed by atoms with E-state index in [4.69, 9.17) is 4.74 Å². The summed E-state index contributed by atoms with van der Waals surface area (Å²) in [6.07, 6.45) is 1.58. The van der Waals surface area contributed by atoms with E-state index in [1.165, 1.54) is 0 Å². The van der Waals surface area contributed by atoms with E-state index in [0.717, 1.165) is 12.8 Å². The minimum atomic E-state index is -0.799. The van der Waals surface area contributed by atoms with Gasteiger partial charge in [0, 0.05) is 19.6 Å². The molecule has 0 fully saturated rings. The van der Waals surface area contributed by atoms with Gasteiger partial charge in [-0.1, -0.05) is 33.6 Å². The summed E-state index contributed by atoms with van der Waals surface area (Å²) >= 11 is 0. The maximum atomic E-state index is 11.8. The van der Waals surface area contributed by atoms with Crippen molar-refractivity contribution >= 4 is 5.78 Å². The van der Waals surface area contributed by atoms with Gasteiger partial charge >= 0.3 is 0 Å². The Labute approximate surface area is 92.8 Å². The van der Waals surface area contributed by atoms with Gasteiger partial charge in [-0.2, -0.15) is 0 Å². The number of aliphatic hydroxyl groups is 1. The molecule has 0 aromatic heterocycles. The average molecular weight is 216 g/mol. The monoisotopic (exact) mass is 216 g/mol. The predicted molar refractivity (Wildman–Crippen MR) is 60.7 cm³/mol. The Bertz CT molecular complexity index is 176. The first kappa shape index (κ1) is 14.6. The van der Waals surface area contributed by atoms with E-state index in [-0.39, 0.29) is 17.6 Å². The number of methoxy groups -OCH3 is 1. The van der Waals surface area contributed by atoms with Gasteiger partial charge in [-0.25, -0.2) is 0 Å². The number of carbonyl (C=O) groups excluding carboxylic acids is 1. The van der Waals surface area contributed by atoms with Crippen LogP contribution in [0.25, 0.3) is 0 Å². The number of rotatable bonds is 8. The first-order valence-electron chi connectivity index (χ1n) is 5.79. The van der Waals surface area contributed by atoms with Crippen molar-refractivity contribution in [2.24, 2.45) is 11.8 Å². The van der Waals surface area contributed by atoms with E-state index in [1.807, 2.05) is 20.8 Å². The lowest BCUT2D eigenvalue weighted by molar-refractivity contribution is -0.134. The summed E-state index contributed by atoms with van der Waals surface area (Å²) in [4.78, 5) is 11.8. The molecule has 0 heterocycles.